The third-order valence-corrected chi connectivity index (χ3v) is 3.36. The van der Waals surface area contributed by atoms with E-state index in [2.05, 4.69) is 20.8 Å². The lowest BCUT2D eigenvalue weighted by atomic mass is 9.88. The highest BCUT2D eigenvalue weighted by Crippen LogP contribution is 2.31. The molecule has 0 aliphatic carbocycles. The Balaban J connectivity index is 4.29. The first-order valence-electron chi connectivity index (χ1n) is 6.24. The zero-order valence-corrected chi connectivity index (χ0v) is 11.1. The molecular weight excluding hydrogens is 188 g/mol. The lowest BCUT2D eigenvalue weighted by Gasteiger charge is -2.35. The van der Waals surface area contributed by atoms with E-state index in [0.29, 0.717) is 5.92 Å². The van der Waals surface area contributed by atoms with Gasteiger partial charge in [-0.05, 0) is 19.8 Å². The Hall–Kier alpha value is -0.0800. The van der Waals surface area contributed by atoms with Crippen LogP contribution in [0.15, 0.2) is 0 Å². The second-order valence-corrected chi connectivity index (χ2v) is 4.41. The number of ether oxygens (including phenoxy) is 2. The number of hydrogen-bond donors (Lipinski definition) is 0. The van der Waals surface area contributed by atoms with Gasteiger partial charge in [0.25, 0.3) is 0 Å². The minimum atomic E-state index is -0.398. The molecule has 2 heteroatoms. The zero-order valence-electron chi connectivity index (χ0n) is 11.1. The van der Waals surface area contributed by atoms with Gasteiger partial charge in [0.2, 0.25) is 0 Å². The van der Waals surface area contributed by atoms with E-state index < -0.39 is 5.79 Å². The van der Waals surface area contributed by atoms with Gasteiger partial charge in [0, 0.05) is 20.1 Å². The van der Waals surface area contributed by atoms with Crippen molar-refractivity contribution in [2.45, 2.75) is 65.1 Å². The molecule has 0 fully saturated rings. The van der Waals surface area contributed by atoms with Gasteiger partial charge in [-0.3, -0.25) is 0 Å². The van der Waals surface area contributed by atoms with Crippen molar-refractivity contribution >= 4 is 0 Å². The van der Waals surface area contributed by atoms with Crippen LogP contribution in [0.25, 0.3) is 0 Å². The SMILES string of the molecule is CCCCC(CCCC)C(C)(OC)OC. The van der Waals surface area contributed by atoms with Crippen molar-refractivity contribution in [3.05, 3.63) is 0 Å². The fourth-order valence-corrected chi connectivity index (χ4v) is 1.99. The standard InChI is InChI=1S/C13H28O2/c1-6-8-10-12(11-9-7-2)13(3,14-4)15-5/h12H,6-11H2,1-5H3. The molecule has 0 aliphatic rings. The second kappa shape index (κ2) is 8.12. The van der Waals surface area contributed by atoms with Crippen LogP contribution < -0.4 is 0 Å². The minimum absolute atomic E-state index is 0.398. The number of unbranched alkanes of at least 4 members (excludes halogenated alkanes) is 2. The molecule has 0 heterocycles. The van der Waals surface area contributed by atoms with Gasteiger partial charge in [-0.1, -0.05) is 39.5 Å². The first-order chi connectivity index (χ1) is 7.14. The van der Waals surface area contributed by atoms with Crippen LogP contribution in [0.5, 0.6) is 0 Å². The van der Waals surface area contributed by atoms with Crippen molar-refractivity contribution in [2.24, 2.45) is 5.92 Å². The molecule has 0 radical (unpaired) electrons. The molecule has 0 aromatic rings. The lowest BCUT2D eigenvalue weighted by Crippen LogP contribution is -2.38. The van der Waals surface area contributed by atoms with E-state index in [0.717, 1.165) is 0 Å². The molecule has 0 rings (SSSR count). The Morgan fingerprint density at radius 3 is 1.60 bits per heavy atom. The first kappa shape index (κ1) is 14.9. The molecule has 0 aliphatic heterocycles. The molecule has 0 saturated heterocycles. The molecule has 0 aromatic carbocycles. The predicted molar refractivity (Wildman–Crippen MR) is 65.0 cm³/mol. The highest BCUT2D eigenvalue weighted by atomic mass is 16.7. The van der Waals surface area contributed by atoms with Crippen molar-refractivity contribution < 1.29 is 9.47 Å². The van der Waals surface area contributed by atoms with E-state index in [1.165, 1.54) is 38.5 Å². The van der Waals surface area contributed by atoms with Crippen LogP contribution in [0.3, 0.4) is 0 Å². The molecule has 92 valence electrons. The fraction of sp³-hybridized carbons (Fsp3) is 1.00. The van der Waals surface area contributed by atoms with Crippen LogP contribution in [-0.4, -0.2) is 20.0 Å². The van der Waals surface area contributed by atoms with Gasteiger partial charge in [-0.25, -0.2) is 0 Å². The average Bonchev–Trinajstić information content (AvgIpc) is 2.28. The topological polar surface area (TPSA) is 18.5 Å². The maximum Gasteiger partial charge on any atom is 0.167 e. The van der Waals surface area contributed by atoms with Crippen LogP contribution >= 0.6 is 0 Å². The van der Waals surface area contributed by atoms with Crippen LogP contribution in [0.4, 0.5) is 0 Å². The lowest BCUT2D eigenvalue weighted by molar-refractivity contribution is -0.230. The minimum Gasteiger partial charge on any atom is -0.353 e. The average molecular weight is 216 g/mol. The Kier molecular flexibility index (Phi) is 8.07. The third kappa shape index (κ3) is 4.98. The van der Waals surface area contributed by atoms with Gasteiger partial charge in [0.05, 0.1) is 0 Å². The summed E-state index contributed by atoms with van der Waals surface area (Å²) in [4.78, 5) is 0. The van der Waals surface area contributed by atoms with E-state index in [1.54, 1.807) is 14.2 Å². The smallest absolute Gasteiger partial charge is 0.167 e. The molecule has 2 nitrogen and oxygen atoms in total. The molecule has 0 amide bonds. The highest BCUT2D eigenvalue weighted by molar-refractivity contribution is 4.74. The van der Waals surface area contributed by atoms with Gasteiger partial charge < -0.3 is 9.47 Å². The molecule has 0 aromatic heterocycles. The molecule has 0 N–H and O–H groups in total. The maximum atomic E-state index is 5.52. The van der Waals surface area contributed by atoms with E-state index >= 15 is 0 Å². The van der Waals surface area contributed by atoms with Gasteiger partial charge in [0.15, 0.2) is 5.79 Å². The van der Waals surface area contributed by atoms with E-state index in [1.807, 2.05) is 0 Å². The van der Waals surface area contributed by atoms with Gasteiger partial charge in [0.1, 0.15) is 0 Å². The number of methoxy groups -OCH3 is 2. The Labute approximate surface area is 95.3 Å². The summed E-state index contributed by atoms with van der Waals surface area (Å²) >= 11 is 0. The molecule has 0 spiro atoms. The Bertz CT molecular complexity index is 133. The predicted octanol–water partition coefficient (Wildman–Crippen LogP) is 3.99. The molecule has 0 bridgehead atoms. The van der Waals surface area contributed by atoms with Gasteiger partial charge in [-0.2, -0.15) is 0 Å². The van der Waals surface area contributed by atoms with Crippen LogP contribution in [0.2, 0.25) is 0 Å². The summed E-state index contributed by atoms with van der Waals surface area (Å²) in [5.74, 6) is 0.122. The Morgan fingerprint density at radius 2 is 1.33 bits per heavy atom. The van der Waals surface area contributed by atoms with Gasteiger partial charge in [-0.15, -0.1) is 0 Å². The fourth-order valence-electron chi connectivity index (χ4n) is 1.99. The van der Waals surface area contributed by atoms with Crippen molar-refractivity contribution in [1.29, 1.82) is 0 Å². The third-order valence-electron chi connectivity index (χ3n) is 3.36. The normalized spacial score (nSPS) is 12.4. The number of rotatable bonds is 9. The van der Waals surface area contributed by atoms with E-state index in [9.17, 15) is 0 Å². The molecule has 15 heavy (non-hydrogen) atoms. The summed E-state index contributed by atoms with van der Waals surface area (Å²) in [6.07, 6.45) is 7.41. The summed E-state index contributed by atoms with van der Waals surface area (Å²) < 4.78 is 11.0. The van der Waals surface area contributed by atoms with Crippen molar-refractivity contribution in [3.63, 3.8) is 0 Å². The maximum absolute atomic E-state index is 5.52. The summed E-state index contributed by atoms with van der Waals surface area (Å²) in [6, 6.07) is 0. The van der Waals surface area contributed by atoms with E-state index in [4.69, 9.17) is 9.47 Å². The zero-order chi connectivity index (χ0) is 11.7. The highest BCUT2D eigenvalue weighted by Gasteiger charge is 2.32. The summed E-state index contributed by atoms with van der Waals surface area (Å²) in [5.41, 5.74) is 0. The molecule has 0 atom stereocenters. The summed E-state index contributed by atoms with van der Waals surface area (Å²) in [7, 11) is 3.49. The Morgan fingerprint density at radius 1 is 0.933 bits per heavy atom. The number of hydrogen-bond acceptors (Lipinski definition) is 2. The molecule has 0 unspecified atom stereocenters. The molecular formula is C13H28O2. The summed E-state index contributed by atoms with van der Waals surface area (Å²) in [6.45, 7) is 6.52. The second-order valence-electron chi connectivity index (χ2n) is 4.41. The van der Waals surface area contributed by atoms with E-state index in [-0.39, 0.29) is 0 Å². The largest absolute Gasteiger partial charge is 0.353 e. The molecule has 0 saturated carbocycles. The van der Waals surface area contributed by atoms with Crippen LogP contribution in [-0.2, 0) is 9.47 Å². The van der Waals surface area contributed by atoms with Crippen molar-refractivity contribution in [3.8, 4) is 0 Å². The van der Waals surface area contributed by atoms with Crippen molar-refractivity contribution in [2.75, 3.05) is 14.2 Å². The van der Waals surface area contributed by atoms with Crippen LogP contribution in [0.1, 0.15) is 59.3 Å². The first-order valence-corrected chi connectivity index (χ1v) is 6.24. The van der Waals surface area contributed by atoms with Crippen LogP contribution in [0, 0.1) is 5.92 Å². The van der Waals surface area contributed by atoms with Gasteiger partial charge >= 0.3 is 0 Å². The summed E-state index contributed by atoms with van der Waals surface area (Å²) in [5, 5.41) is 0. The van der Waals surface area contributed by atoms with Crippen molar-refractivity contribution in [1.82, 2.24) is 0 Å². The quantitative estimate of drug-likeness (QED) is 0.542. The monoisotopic (exact) mass is 216 g/mol.